The average Bonchev–Trinajstić information content (AvgIpc) is 3.01. The van der Waals surface area contributed by atoms with Gasteiger partial charge in [0.25, 0.3) is 5.91 Å². The molecule has 2 aliphatic rings. The number of urea groups is 1. The fourth-order valence-corrected chi connectivity index (χ4v) is 3.28. The summed E-state index contributed by atoms with van der Waals surface area (Å²) in [6.45, 7) is 0.226. The molecule has 0 radical (unpaired) electrons. The van der Waals surface area contributed by atoms with Crippen molar-refractivity contribution in [2.24, 2.45) is 0 Å². The molecule has 0 bridgehead atoms. The molecule has 0 saturated carbocycles. The molecule has 1 aromatic carbocycles. The summed E-state index contributed by atoms with van der Waals surface area (Å²) in [5.74, 6) is -0.555. The lowest BCUT2D eigenvalue weighted by Crippen LogP contribution is -2.42. The number of benzene rings is 1. The average molecular weight is 302 g/mol. The van der Waals surface area contributed by atoms with Gasteiger partial charge in [0, 0.05) is 13.0 Å². The number of imide groups is 1. The number of amides is 3. The molecule has 6 heteroatoms. The van der Waals surface area contributed by atoms with E-state index in [4.69, 9.17) is 0 Å². The molecule has 3 rings (SSSR count). The van der Waals surface area contributed by atoms with E-state index >= 15 is 0 Å². The van der Waals surface area contributed by atoms with Crippen molar-refractivity contribution in [1.29, 1.82) is 0 Å². The van der Waals surface area contributed by atoms with Crippen molar-refractivity contribution in [1.82, 2.24) is 10.2 Å². The van der Waals surface area contributed by atoms with E-state index in [1.165, 1.54) is 12.0 Å². The third-order valence-electron chi connectivity index (χ3n) is 4.41. The van der Waals surface area contributed by atoms with Crippen LogP contribution in [0.15, 0.2) is 24.3 Å². The highest BCUT2D eigenvalue weighted by Gasteiger charge is 2.54. The molecule has 6 nitrogen and oxygen atoms in total. The number of methoxy groups -OCH3 is 1. The minimum atomic E-state index is -0.918. The molecule has 1 aliphatic heterocycles. The van der Waals surface area contributed by atoms with Gasteiger partial charge in [-0.3, -0.25) is 14.5 Å². The van der Waals surface area contributed by atoms with Gasteiger partial charge < -0.3 is 10.1 Å². The Labute approximate surface area is 128 Å². The summed E-state index contributed by atoms with van der Waals surface area (Å²) >= 11 is 0. The summed E-state index contributed by atoms with van der Waals surface area (Å²) in [5.41, 5.74) is 1.08. The maximum atomic E-state index is 12.8. The second-order valence-corrected chi connectivity index (χ2v) is 5.63. The highest BCUT2D eigenvalue weighted by molar-refractivity contribution is 6.08. The second kappa shape index (κ2) is 5.44. The number of hydrogen-bond donors (Lipinski definition) is 1. The summed E-state index contributed by atoms with van der Waals surface area (Å²) in [6, 6.07) is 7.33. The van der Waals surface area contributed by atoms with Crippen LogP contribution in [0.25, 0.3) is 0 Å². The molecule has 0 aromatic heterocycles. The lowest BCUT2D eigenvalue weighted by Gasteiger charge is -2.22. The third-order valence-corrected chi connectivity index (χ3v) is 4.41. The van der Waals surface area contributed by atoms with E-state index in [0.717, 1.165) is 17.5 Å². The Hall–Kier alpha value is -2.37. The zero-order valence-corrected chi connectivity index (χ0v) is 12.4. The first-order valence-corrected chi connectivity index (χ1v) is 7.38. The normalized spacial score (nSPS) is 22.9. The Bertz CT molecular complexity index is 643. The van der Waals surface area contributed by atoms with Crippen molar-refractivity contribution in [2.75, 3.05) is 13.7 Å². The summed E-state index contributed by atoms with van der Waals surface area (Å²) in [5, 5.41) is 2.86. The maximum absolute atomic E-state index is 12.8. The standard InChI is InChI=1S/C16H18N2O4/c1-22-13(19)7-4-10-18-14(20)16(17-15(18)21)9-8-11-5-2-3-6-12(11)16/h2-3,5-6H,4,7-10H2,1H3,(H,17,21). The van der Waals surface area contributed by atoms with E-state index in [2.05, 4.69) is 10.1 Å². The number of fused-ring (bicyclic) bond motifs is 2. The quantitative estimate of drug-likeness (QED) is 0.672. The van der Waals surface area contributed by atoms with E-state index in [0.29, 0.717) is 12.8 Å². The number of carbonyl (C=O) groups excluding carboxylic acids is 3. The first-order chi connectivity index (χ1) is 10.6. The van der Waals surface area contributed by atoms with E-state index in [-0.39, 0.29) is 30.9 Å². The SMILES string of the molecule is COC(=O)CCCN1C(=O)NC2(CCc3ccccc32)C1=O. The number of nitrogens with one attached hydrogen (secondary N) is 1. The molecular weight excluding hydrogens is 284 g/mol. The van der Waals surface area contributed by atoms with Crippen LogP contribution in [-0.2, 0) is 26.3 Å². The predicted octanol–water partition coefficient (Wildman–Crippen LogP) is 1.33. The van der Waals surface area contributed by atoms with Crippen LogP contribution < -0.4 is 5.32 Å². The Morgan fingerprint density at radius 3 is 2.91 bits per heavy atom. The van der Waals surface area contributed by atoms with E-state index in [9.17, 15) is 14.4 Å². The van der Waals surface area contributed by atoms with Crippen molar-refractivity contribution in [3.05, 3.63) is 35.4 Å². The van der Waals surface area contributed by atoms with Gasteiger partial charge in [0.1, 0.15) is 5.54 Å². The zero-order valence-electron chi connectivity index (χ0n) is 12.4. The summed E-state index contributed by atoms with van der Waals surface area (Å²) in [7, 11) is 1.32. The number of aryl methyl sites for hydroxylation is 1. The van der Waals surface area contributed by atoms with Gasteiger partial charge in [0.05, 0.1) is 7.11 Å². The molecule has 1 unspecified atom stereocenters. The number of hydrogen-bond acceptors (Lipinski definition) is 4. The van der Waals surface area contributed by atoms with Crippen LogP contribution in [0, 0.1) is 0 Å². The van der Waals surface area contributed by atoms with Crippen LogP contribution in [0.4, 0.5) is 4.79 Å². The molecular formula is C16H18N2O4. The van der Waals surface area contributed by atoms with Crippen LogP contribution in [0.5, 0.6) is 0 Å². The van der Waals surface area contributed by atoms with Gasteiger partial charge in [-0.15, -0.1) is 0 Å². The van der Waals surface area contributed by atoms with Crippen molar-refractivity contribution in [3.63, 3.8) is 0 Å². The van der Waals surface area contributed by atoms with E-state index in [1.54, 1.807) is 0 Å². The number of ether oxygens (including phenoxy) is 1. The summed E-state index contributed by atoms with van der Waals surface area (Å²) < 4.78 is 4.57. The molecule has 1 spiro atoms. The predicted molar refractivity (Wildman–Crippen MR) is 77.9 cm³/mol. The molecule has 1 fully saturated rings. The molecule has 3 amide bonds. The molecule has 22 heavy (non-hydrogen) atoms. The fraction of sp³-hybridized carbons (Fsp3) is 0.438. The van der Waals surface area contributed by atoms with Crippen LogP contribution >= 0.6 is 0 Å². The lowest BCUT2D eigenvalue weighted by molar-refractivity contribution is -0.141. The number of carbonyl (C=O) groups is 3. The number of nitrogens with zero attached hydrogens (tertiary/aromatic N) is 1. The maximum Gasteiger partial charge on any atom is 0.325 e. The molecule has 1 aromatic rings. The van der Waals surface area contributed by atoms with E-state index in [1.807, 2.05) is 24.3 Å². The molecule has 1 N–H and O–H groups in total. The van der Waals surface area contributed by atoms with E-state index < -0.39 is 5.54 Å². The van der Waals surface area contributed by atoms with Gasteiger partial charge in [-0.1, -0.05) is 24.3 Å². The molecule has 1 heterocycles. The molecule has 116 valence electrons. The van der Waals surface area contributed by atoms with Crippen molar-refractivity contribution >= 4 is 17.9 Å². The lowest BCUT2D eigenvalue weighted by atomic mass is 9.92. The summed E-state index contributed by atoms with van der Waals surface area (Å²) in [4.78, 5) is 37.3. The van der Waals surface area contributed by atoms with Gasteiger partial charge in [0.15, 0.2) is 0 Å². The van der Waals surface area contributed by atoms with Crippen LogP contribution in [0.1, 0.15) is 30.4 Å². The monoisotopic (exact) mass is 302 g/mol. The molecule has 1 aliphatic carbocycles. The van der Waals surface area contributed by atoms with Crippen LogP contribution in [0.2, 0.25) is 0 Å². The highest BCUT2D eigenvalue weighted by atomic mass is 16.5. The highest BCUT2D eigenvalue weighted by Crippen LogP contribution is 2.41. The van der Waals surface area contributed by atoms with Gasteiger partial charge in [-0.2, -0.15) is 0 Å². The first kappa shape index (κ1) is 14.6. The Kier molecular flexibility index (Phi) is 3.60. The molecule has 1 saturated heterocycles. The minimum Gasteiger partial charge on any atom is -0.469 e. The van der Waals surface area contributed by atoms with Crippen molar-refractivity contribution in [3.8, 4) is 0 Å². The zero-order chi connectivity index (χ0) is 15.7. The van der Waals surface area contributed by atoms with Crippen molar-refractivity contribution in [2.45, 2.75) is 31.2 Å². The third kappa shape index (κ3) is 2.15. The Morgan fingerprint density at radius 1 is 1.36 bits per heavy atom. The largest absolute Gasteiger partial charge is 0.469 e. The second-order valence-electron chi connectivity index (χ2n) is 5.63. The topological polar surface area (TPSA) is 75.7 Å². The first-order valence-electron chi connectivity index (χ1n) is 7.38. The number of rotatable bonds is 4. The summed E-state index contributed by atoms with van der Waals surface area (Å²) in [6.07, 6.45) is 1.96. The van der Waals surface area contributed by atoms with Crippen molar-refractivity contribution < 1.29 is 19.1 Å². The Balaban J connectivity index is 1.77. The Morgan fingerprint density at radius 2 is 2.14 bits per heavy atom. The fourth-order valence-electron chi connectivity index (χ4n) is 3.28. The van der Waals surface area contributed by atoms with Crippen LogP contribution in [0.3, 0.4) is 0 Å². The van der Waals surface area contributed by atoms with Crippen LogP contribution in [-0.4, -0.2) is 36.5 Å². The number of esters is 1. The van der Waals surface area contributed by atoms with Gasteiger partial charge in [0.2, 0.25) is 0 Å². The smallest absolute Gasteiger partial charge is 0.325 e. The molecule has 1 atom stereocenters. The van der Waals surface area contributed by atoms with Gasteiger partial charge in [-0.25, -0.2) is 4.79 Å². The van der Waals surface area contributed by atoms with Gasteiger partial charge >= 0.3 is 12.0 Å². The minimum absolute atomic E-state index is 0.192. The van der Waals surface area contributed by atoms with Gasteiger partial charge in [-0.05, 0) is 30.4 Å².